The van der Waals surface area contributed by atoms with Gasteiger partial charge in [-0.15, -0.1) is 0 Å². The van der Waals surface area contributed by atoms with Crippen LogP contribution in [0.2, 0.25) is 0 Å². The number of unbranched alkanes of at least 4 members (excludes halogenated alkanes) is 3. The van der Waals surface area contributed by atoms with E-state index in [1.54, 1.807) is 22.3 Å². The number of hydrogen-bond donors (Lipinski definition) is 0. The maximum atomic E-state index is 3.00. The van der Waals surface area contributed by atoms with Crippen LogP contribution in [0.25, 0.3) is 0 Å². The van der Waals surface area contributed by atoms with Gasteiger partial charge in [-0.3, -0.25) is 0 Å². The minimum absolute atomic E-state index is 0. The first kappa shape index (κ1) is 62.2. The molecule has 0 aromatic carbocycles. The number of fused-ring (bicyclic) bond motifs is 2. The third-order valence-corrected chi connectivity index (χ3v) is 14.2. The monoisotopic (exact) mass is 918 g/mol. The predicted octanol–water partition coefficient (Wildman–Crippen LogP) is 18.9. The van der Waals surface area contributed by atoms with E-state index in [0.717, 1.165) is 29.6 Å². The SMILES string of the molecule is C/C=C\C1=C(C)CC[C@]2(C)CCC[C@@H]12.C/C=C\C1=C(C)CC[C@]2(C)CCC[C@H]12.CC1CCCC1.CC=CC=CC.CCCCCC.C[CH-]C1CCCC1C.[CH2]=[Fe+].[CH3-].[Y]. The topological polar surface area (TPSA) is 0 Å². The van der Waals surface area contributed by atoms with Crippen LogP contribution in [0.1, 0.15) is 225 Å². The number of allylic oxidation sites excluding steroid dienone is 12. The van der Waals surface area contributed by atoms with Crippen molar-refractivity contribution in [2.24, 2.45) is 40.4 Å². The summed E-state index contributed by atoms with van der Waals surface area (Å²) in [5.74, 6) is 4.69. The van der Waals surface area contributed by atoms with Crippen molar-refractivity contribution in [3.63, 3.8) is 0 Å². The molecule has 4 fully saturated rings. The average Bonchev–Trinajstić information content (AvgIpc) is 4.03. The Hall–Kier alpha value is -0.0666. The van der Waals surface area contributed by atoms with E-state index in [0.29, 0.717) is 10.8 Å². The third kappa shape index (κ3) is 23.4. The molecule has 58 heavy (non-hydrogen) atoms. The molecule has 2 heteroatoms. The van der Waals surface area contributed by atoms with Gasteiger partial charge in [0.2, 0.25) is 0 Å². The molecule has 0 bridgehead atoms. The summed E-state index contributed by atoms with van der Waals surface area (Å²) in [5, 5.41) is 0. The van der Waals surface area contributed by atoms with Gasteiger partial charge >= 0.3 is 21.0 Å². The molecule has 0 heterocycles. The molecule has 6 rings (SSSR count). The quantitative estimate of drug-likeness (QED) is 0.103. The number of hydrogen-bond acceptors (Lipinski definition) is 0. The minimum Gasteiger partial charge on any atom is -0.358 e. The summed E-state index contributed by atoms with van der Waals surface area (Å²) in [6.07, 6.45) is 49.5. The van der Waals surface area contributed by atoms with Gasteiger partial charge in [0.15, 0.2) is 0 Å². The molecule has 6 aliphatic rings. The van der Waals surface area contributed by atoms with Crippen molar-refractivity contribution in [1.82, 2.24) is 0 Å². The molecule has 0 nitrogen and oxygen atoms in total. The fourth-order valence-corrected chi connectivity index (χ4v) is 10.4. The summed E-state index contributed by atoms with van der Waals surface area (Å²) in [6, 6.07) is 0. The van der Waals surface area contributed by atoms with E-state index >= 15 is 0 Å². The van der Waals surface area contributed by atoms with Crippen LogP contribution < -0.4 is 0 Å². The van der Waals surface area contributed by atoms with E-state index in [1.807, 2.05) is 38.2 Å². The zero-order valence-electron chi connectivity index (χ0n) is 41.6. The summed E-state index contributed by atoms with van der Waals surface area (Å²) >= 11 is 3.00. The zero-order chi connectivity index (χ0) is 42.4. The first-order chi connectivity index (χ1) is 26.9. The molecule has 0 amide bonds. The molecule has 0 saturated heterocycles. The summed E-state index contributed by atoms with van der Waals surface area (Å²) < 4.78 is 0. The largest absolute Gasteiger partial charge is 0.358 e. The van der Waals surface area contributed by atoms with Crippen molar-refractivity contribution in [1.29, 1.82) is 0 Å². The first-order valence-corrected chi connectivity index (χ1v) is 24.6. The summed E-state index contributed by atoms with van der Waals surface area (Å²) in [7, 11) is 0. The molecule has 0 aliphatic heterocycles. The van der Waals surface area contributed by atoms with Gasteiger partial charge in [-0.2, -0.15) is 12.8 Å². The summed E-state index contributed by atoms with van der Waals surface area (Å²) in [6.45, 7) is 29.3. The van der Waals surface area contributed by atoms with Crippen LogP contribution in [0, 0.1) is 54.3 Å². The van der Waals surface area contributed by atoms with E-state index < -0.39 is 0 Å². The normalized spacial score (nSPS) is 28.5. The third-order valence-electron chi connectivity index (χ3n) is 14.2. The molecule has 4 saturated carbocycles. The fourth-order valence-electron chi connectivity index (χ4n) is 10.4. The Morgan fingerprint density at radius 2 is 1.03 bits per heavy atom. The maximum Gasteiger partial charge on any atom is 0 e. The minimum atomic E-state index is 0. The Kier molecular flexibility index (Phi) is 40.2. The summed E-state index contributed by atoms with van der Waals surface area (Å²) in [5.41, 5.74) is 10.9. The van der Waals surface area contributed by atoms with E-state index in [-0.39, 0.29) is 40.1 Å². The molecule has 6 atom stereocenters. The van der Waals surface area contributed by atoms with E-state index in [1.165, 1.54) is 135 Å². The van der Waals surface area contributed by atoms with Crippen molar-refractivity contribution in [2.75, 3.05) is 0 Å². The standard InChI is InChI=1S/2C14H22.C8H15.C6H12.C6H14.C6H10.CH3.CH2.Fe.Y/c2*1-4-6-12-11(2)8-10-14(3)9-5-7-13(12)14;1-3-8-6-4-5-7(8)2;1-6-4-2-3-5-6;2*1-3-5-6-4-2;;;;/h2*4,6,13H,5,7-10H2,1-3H3;3,7-8H,4-6H2,1-2H3;6H,2-5H2,1H3;3-6H2,1-2H3;3-6H,1-2H3;1H3;1H2;;/q;;-1;;;;-1;;+1;/b2*6-4-;;;;;;;;/t13-,14+;13-,14-;;;;;;;;/m10......../s1. The van der Waals surface area contributed by atoms with Gasteiger partial charge in [-0.05, 0) is 133 Å². The molecule has 1 radical (unpaired) electrons. The molecule has 336 valence electrons. The van der Waals surface area contributed by atoms with Gasteiger partial charge in [0.25, 0.3) is 0 Å². The smallest absolute Gasteiger partial charge is 0 e. The molecule has 6 aliphatic carbocycles. The van der Waals surface area contributed by atoms with Crippen molar-refractivity contribution < 1.29 is 48.3 Å². The number of rotatable bonds is 7. The van der Waals surface area contributed by atoms with Crippen molar-refractivity contribution in [3.05, 3.63) is 84.7 Å². The maximum absolute atomic E-state index is 3.00. The Bertz CT molecular complexity index is 1100. The van der Waals surface area contributed by atoms with Gasteiger partial charge in [0.1, 0.15) is 0 Å². The fraction of sp³-hybridized carbons (Fsp3) is 0.732. The summed E-state index contributed by atoms with van der Waals surface area (Å²) in [4.78, 5) is 0. The Labute approximate surface area is 400 Å². The van der Waals surface area contributed by atoms with Gasteiger partial charge < -0.3 is 13.8 Å². The van der Waals surface area contributed by atoms with Crippen molar-refractivity contribution >= 4 is 5.42 Å². The van der Waals surface area contributed by atoms with Crippen LogP contribution in [-0.4, -0.2) is 5.42 Å². The predicted molar refractivity (Wildman–Crippen MR) is 261 cm³/mol. The van der Waals surface area contributed by atoms with Gasteiger partial charge in [0.05, 0.1) is 0 Å². The van der Waals surface area contributed by atoms with Crippen molar-refractivity contribution in [2.45, 2.75) is 225 Å². The molecule has 0 aromatic heterocycles. The van der Waals surface area contributed by atoms with E-state index in [2.05, 4.69) is 128 Å². The van der Waals surface area contributed by atoms with Crippen LogP contribution in [0.5, 0.6) is 0 Å². The second-order valence-electron chi connectivity index (χ2n) is 18.7. The van der Waals surface area contributed by atoms with Crippen LogP contribution in [-0.2, 0) is 48.3 Å². The van der Waals surface area contributed by atoms with Crippen LogP contribution in [0.4, 0.5) is 0 Å². The average molecular weight is 918 g/mol. The Morgan fingerprint density at radius 3 is 1.29 bits per heavy atom. The Balaban J connectivity index is -0.000000642. The van der Waals surface area contributed by atoms with Crippen LogP contribution in [0.15, 0.2) is 70.9 Å². The Morgan fingerprint density at radius 1 is 0.621 bits per heavy atom. The van der Waals surface area contributed by atoms with E-state index in [9.17, 15) is 0 Å². The van der Waals surface area contributed by atoms with Gasteiger partial charge in [-0.25, -0.2) is 0 Å². The van der Waals surface area contributed by atoms with Crippen molar-refractivity contribution in [3.8, 4) is 0 Å². The molecule has 0 spiro atoms. The van der Waals surface area contributed by atoms with Gasteiger partial charge in [0, 0.05) is 32.7 Å². The molecule has 2 unspecified atom stereocenters. The van der Waals surface area contributed by atoms with Gasteiger partial charge in [-0.1, -0.05) is 191 Å². The molecule has 0 N–H and O–H groups in total. The second kappa shape index (κ2) is 37.5. The zero-order valence-corrected chi connectivity index (χ0v) is 45.5. The molecular formula is C56H100FeY-. The van der Waals surface area contributed by atoms with E-state index in [4.69, 9.17) is 0 Å². The first-order valence-electron chi connectivity index (χ1n) is 23.8. The second-order valence-corrected chi connectivity index (χ2v) is 18.7. The molecular weight excluding hydrogens is 817 g/mol. The molecule has 0 aromatic rings. The van der Waals surface area contributed by atoms with Crippen LogP contribution >= 0.6 is 0 Å². The van der Waals surface area contributed by atoms with Crippen LogP contribution in [0.3, 0.4) is 0 Å².